The summed E-state index contributed by atoms with van der Waals surface area (Å²) in [6.45, 7) is 7.61. The zero-order valence-electron chi connectivity index (χ0n) is 12.5. The number of carboxylic acids is 1. The zero-order valence-corrected chi connectivity index (χ0v) is 12.5. The van der Waals surface area contributed by atoms with Crippen molar-refractivity contribution in [1.82, 2.24) is 10.6 Å². The molecule has 1 amide bonds. The number of carboxylic acid groups (broad SMARTS) is 1. The van der Waals surface area contributed by atoms with Gasteiger partial charge < -0.3 is 20.5 Å². The minimum Gasteiger partial charge on any atom is -0.481 e. The molecule has 116 valence electrons. The second-order valence-corrected chi connectivity index (χ2v) is 5.80. The molecular weight excluding hydrogens is 260 g/mol. The Balaban J connectivity index is 2.31. The molecule has 1 rings (SSSR count). The summed E-state index contributed by atoms with van der Waals surface area (Å²) in [5.41, 5.74) is 0. The van der Waals surface area contributed by atoms with Crippen LogP contribution in [0.25, 0.3) is 0 Å². The molecule has 6 nitrogen and oxygen atoms in total. The van der Waals surface area contributed by atoms with Crippen LogP contribution < -0.4 is 10.6 Å². The maximum atomic E-state index is 11.8. The molecule has 0 aromatic rings. The van der Waals surface area contributed by atoms with Crippen molar-refractivity contribution in [2.75, 3.05) is 19.6 Å². The number of hydrogen-bond acceptors (Lipinski definition) is 4. The van der Waals surface area contributed by atoms with Crippen molar-refractivity contribution in [1.29, 1.82) is 0 Å². The molecule has 1 saturated heterocycles. The topological polar surface area (TPSA) is 87.7 Å². The second kappa shape index (κ2) is 8.21. The maximum Gasteiger partial charge on any atom is 0.307 e. The van der Waals surface area contributed by atoms with Gasteiger partial charge in [-0.25, -0.2) is 0 Å². The van der Waals surface area contributed by atoms with Gasteiger partial charge in [-0.15, -0.1) is 0 Å². The quantitative estimate of drug-likeness (QED) is 0.638. The van der Waals surface area contributed by atoms with E-state index in [0.717, 1.165) is 6.42 Å². The largest absolute Gasteiger partial charge is 0.481 e. The van der Waals surface area contributed by atoms with Gasteiger partial charge in [0.2, 0.25) is 5.91 Å². The van der Waals surface area contributed by atoms with Crippen LogP contribution in [0, 0.1) is 11.8 Å². The monoisotopic (exact) mass is 286 g/mol. The Bertz CT molecular complexity index is 333. The van der Waals surface area contributed by atoms with E-state index in [2.05, 4.69) is 24.5 Å². The highest BCUT2D eigenvalue weighted by molar-refractivity contribution is 5.80. The number of ether oxygens (including phenoxy) is 1. The fourth-order valence-electron chi connectivity index (χ4n) is 2.17. The van der Waals surface area contributed by atoms with Crippen LogP contribution in [0.15, 0.2) is 0 Å². The van der Waals surface area contributed by atoms with Crippen LogP contribution in [0.5, 0.6) is 0 Å². The number of amides is 1. The molecule has 0 spiro atoms. The van der Waals surface area contributed by atoms with E-state index in [1.165, 1.54) is 0 Å². The minimum absolute atomic E-state index is 0.136. The van der Waals surface area contributed by atoms with Crippen LogP contribution in [0.4, 0.5) is 0 Å². The Labute approximate surface area is 120 Å². The number of piperidine rings is 1. The molecule has 1 aliphatic heterocycles. The third-order valence-electron chi connectivity index (χ3n) is 3.45. The summed E-state index contributed by atoms with van der Waals surface area (Å²) in [5, 5.41) is 14.9. The molecule has 0 aromatic heterocycles. The van der Waals surface area contributed by atoms with Crippen molar-refractivity contribution >= 4 is 11.9 Å². The van der Waals surface area contributed by atoms with E-state index in [4.69, 9.17) is 9.84 Å². The van der Waals surface area contributed by atoms with E-state index < -0.39 is 18.0 Å². The molecule has 1 fully saturated rings. The van der Waals surface area contributed by atoms with Crippen LogP contribution in [0.3, 0.4) is 0 Å². The lowest BCUT2D eigenvalue weighted by Crippen LogP contribution is -2.46. The first-order valence-electron chi connectivity index (χ1n) is 7.26. The lowest BCUT2D eigenvalue weighted by molar-refractivity contribution is -0.146. The Hall–Kier alpha value is -1.14. The average Bonchev–Trinajstić information content (AvgIpc) is 2.38. The lowest BCUT2D eigenvalue weighted by atomic mass is 9.97. The molecule has 3 N–H and O–H groups in total. The van der Waals surface area contributed by atoms with Gasteiger partial charge in [-0.05, 0) is 25.7 Å². The van der Waals surface area contributed by atoms with Crippen molar-refractivity contribution in [3.63, 3.8) is 0 Å². The predicted molar refractivity (Wildman–Crippen MR) is 75.4 cm³/mol. The summed E-state index contributed by atoms with van der Waals surface area (Å²) in [5.74, 6) is -0.849. The Kier molecular flexibility index (Phi) is 6.95. The lowest BCUT2D eigenvalue weighted by Gasteiger charge is -2.29. The summed E-state index contributed by atoms with van der Waals surface area (Å²) in [6.07, 6.45) is 0.605. The third-order valence-corrected chi connectivity index (χ3v) is 3.45. The van der Waals surface area contributed by atoms with E-state index in [1.807, 2.05) is 0 Å². The van der Waals surface area contributed by atoms with Crippen molar-refractivity contribution in [2.24, 2.45) is 11.8 Å². The van der Waals surface area contributed by atoms with E-state index in [9.17, 15) is 9.59 Å². The van der Waals surface area contributed by atoms with Crippen LogP contribution in [-0.2, 0) is 14.3 Å². The zero-order chi connectivity index (χ0) is 15.1. The van der Waals surface area contributed by atoms with E-state index in [1.54, 1.807) is 6.92 Å². The number of aliphatic carboxylic acids is 1. The second-order valence-electron chi connectivity index (χ2n) is 5.80. The van der Waals surface area contributed by atoms with E-state index in [0.29, 0.717) is 32.0 Å². The molecule has 0 radical (unpaired) electrons. The van der Waals surface area contributed by atoms with Gasteiger partial charge in [-0.2, -0.15) is 0 Å². The highest BCUT2D eigenvalue weighted by Crippen LogP contribution is 2.15. The SMILES string of the molecule is CC(C)CCNC(=O)C(C)OC1CNCC(C(=O)O)C1. The fourth-order valence-corrected chi connectivity index (χ4v) is 2.17. The van der Waals surface area contributed by atoms with Gasteiger partial charge in [0, 0.05) is 19.6 Å². The van der Waals surface area contributed by atoms with Crippen LogP contribution in [0.2, 0.25) is 0 Å². The fraction of sp³-hybridized carbons (Fsp3) is 0.857. The molecule has 0 bridgehead atoms. The normalized spacial score (nSPS) is 24.4. The molecule has 1 heterocycles. The molecule has 3 atom stereocenters. The number of nitrogens with one attached hydrogen (secondary N) is 2. The van der Waals surface area contributed by atoms with Crippen molar-refractivity contribution < 1.29 is 19.4 Å². The predicted octanol–water partition coefficient (Wildman–Crippen LogP) is 0.617. The molecule has 0 saturated carbocycles. The first-order chi connectivity index (χ1) is 9.40. The van der Waals surface area contributed by atoms with Gasteiger partial charge in [-0.3, -0.25) is 9.59 Å². The van der Waals surface area contributed by atoms with E-state index >= 15 is 0 Å². The smallest absolute Gasteiger partial charge is 0.307 e. The Morgan fingerprint density at radius 2 is 2.05 bits per heavy atom. The van der Waals surface area contributed by atoms with Gasteiger partial charge in [0.05, 0.1) is 12.0 Å². The van der Waals surface area contributed by atoms with Crippen molar-refractivity contribution in [2.45, 2.75) is 45.8 Å². The Morgan fingerprint density at radius 1 is 1.35 bits per heavy atom. The summed E-state index contributed by atoms with van der Waals surface area (Å²) >= 11 is 0. The standard InChI is InChI=1S/C14H26N2O4/c1-9(2)4-5-16-13(17)10(3)20-12-6-11(14(18)19)7-15-8-12/h9-12,15H,4-8H2,1-3H3,(H,16,17)(H,18,19). The minimum atomic E-state index is -0.820. The summed E-state index contributed by atoms with van der Waals surface area (Å²) in [7, 11) is 0. The molecule has 0 aliphatic carbocycles. The Morgan fingerprint density at radius 3 is 2.65 bits per heavy atom. The third kappa shape index (κ3) is 5.88. The highest BCUT2D eigenvalue weighted by Gasteiger charge is 2.29. The van der Waals surface area contributed by atoms with Gasteiger partial charge in [0.25, 0.3) is 0 Å². The number of rotatable bonds is 7. The van der Waals surface area contributed by atoms with Gasteiger partial charge in [0.15, 0.2) is 0 Å². The summed E-state index contributed by atoms with van der Waals surface area (Å²) in [4.78, 5) is 22.8. The van der Waals surface area contributed by atoms with Gasteiger partial charge in [-0.1, -0.05) is 13.8 Å². The molecule has 20 heavy (non-hydrogen) atoms. The molecule has 0 aromatic carbocycles. The van der Waals surface area contributed by atoms with Crippen LogP contribution >= 0.6 is 0 Å². The average molecular weight is 286 g/mol. The maximum absolute atomic E-state index is 11.8. The molecule has 1 aliphatic rings. The number of carbonyl (C=O) groups is 2. The van der Waals surface area contributed by atoms with Gasteiger partial charge >= 0.3 is 5.97 Å². The highest BCUT2D eigenvalue weighted by atomic mass is 16.5. The first-order valence-corrected chi connectivity index (χ1v) is 7.26. The summed E-state index contributed by atoms with van der Waals surface area (Å²) < 4.78 is 5.65. The molecule has 6 heteroatoms. The first kappa shape index (κ1) is 16.9. The molecular formula is C14H26N2O4. The van der Waals surface area contributed by atoms with Crippen LogP contribution in [-0.4, -0.2) is 48.8 Å². The van der Waals surface area contributed by atoms with Crippen LogP contribution in [0.1, 0.15) is 33.6 Å². The van der Waals surface area contributed by atoms with Crippen molar-refractivity contribution in [3.8, 4) is 0 Å². The summed E-state index contributed by atoms with van der Waals surface area (Å²) in [6, 6.07) is 0. The van der Waals surface area contributed by atoms with E-state index in [-0.39, 0.29) is 12.0 Å². The van der Waals surface area contributed by atoms with Crippen molar-refractivity contribution in [3.05, 3.63) is 0 Å². The van der Waals surface area contributed by atoms with Gasteiger partial charge in [0.1, 0.15) is 6.10 Å². The molecule has 3 unspecified atom stereocenters. The number of carbonyl (C=O) groups excluding carboxylic acids is 1. The number of hydrogen-bond donors (Lipinski definition) is 3.